The number of anilines is 1. The number of hydrogen-bond donors (Lipinski definition) is 0. The van der Waals surface area contributed by atoms with Gasteiger partial charge in [0.05, 0.1) is 6.04 Å². The molecule has 2 aliphatic rings. The molecule has 0 spiro atoms. The lowest BCUT2D eigenvalue weighted by molar-refractivity contribution is 0.0719. The van der Waals surface area contributed by atoms with Gasteiger partial charge in [0.1, 0.15) is 5.69 Å². The van der Waals surface area contributed by atoms with Crippen LogP contribution in [-0.2, 0) is 6.42 Å². The normalized spacial score (nSPS) is 20.1. The Bertz CT molecular complexity index is 671. The molecule has 1 aromatic heterocycles. The lowest BCUT2D eigenvalue weighted by Gasteiger charge is -2.39. The van der Waals surface area contributed by atoms with Crippen molar-refractivity contribution >= 4 is 11.6 Å². The third-order valence-corrected chi connectivity index (χ3v) is 4.41. The number of carbonyl (C=O) groups excluding carboxylic acids is 1. The van der Waals surface area contributed by atoms with Crippen LogP contribution in [0.5, 0.6) is 0 Å². The predicted molar refractivity (Wildman–Crippen MR) is 81.4 cm³/mol. The Balaban J connectivity index is 1.53. The number of amides is 1. The van der Waals surface area contributed by atoms with E-state index >= 15 is 0 Å². The van der Waals surface area contributed by atoms with E-state index in [1.54, 1.807) is 12.3 Å². The summed E-state index contributed by atoms with van der Waals surface area (Å²) in [6, 6.07) is 14.5. The first-order valence-corrected chi connectivity index (χ1v) is 7.38. The Hall–Kier alpha value is -2.36. The standard InChI is InChI=1S/C17H17N3O/c21-17(15-6-3-4-8-18-15)19-9-10-20-14(12-19)11-13-5-1-2-7-16(13)20/h1-8,14H,9-12H2. The second kappa shape index (κ2) is 4.88. The van der Waals surface area contributed by atoms with Crippen molar-refractivity contribution in [3.63, 3.8) is 0 Å². The highest BCUT2D eigenvalue weighted by Gasteiger charge is 2.35. The van der Waals surface area contributed by atoms with E-state index in [0.29, 0.717) is 11.7 Å². The number of aromatic nitrogens is 1. The van der Waals surface area contributed by atoms with Crippen molar-refractivity contribution < 1.29 is 4.79 Å². The molecule has 2 aliphatic heterocycles. The number of piperazine rings is 1. The molecule has 1 saturated heterocycles. The van der Waals surface area contributed by atoms with Crippen LogP contribution in [0.1, 0.15) is 16.1 Å². The summed E-state index contributed by atoms with van der Waals surface area (Å²) in [4.78, 5) is 21.1. The van der Waals surface area contributed by atoms with E-state index in [-0.39, 0.29) is 5.91 Å². The van der Waals surface area contributed by atoms with Crippen LogP contribution in [0.4, 0.5) is 5.69 Å². The molecule has 2 aromatic rings. The summed E-state index contributed by atoms with van der Waals surface area (Å²) in [5, 5.41) is 0. The molecule has 1 aromatic carbocycles. The zero-order chi connectivity index (χ0) is 14.2. The van der Waals surface area contributed by atoms with Crippen molar-refractivity contribution in [1.82, 2.24) is 9.88 Å². The third-order valence-electron chi connectivity index (χ3n) is 4.41. The molecule has 1 atom stereocenters. The van der Waals surface area contributed by atoms with E-state index in [2.05, 4.69) is 34.1 Å². The van der Waals surface area contributed by atoms with Gasteiger partial charge in [-0.15, -0.1) is 0 Å². The molecule has 1 fully saturated rings. The summed E-state index contributed by atoms with van der Waals surface area (Å²) in [5.74, 6) is 0.0474. The summed E-state index contributed by atoms with van der Waals surface area (Å²) in [7, 11) is 0. The van der Waals surface area contributed by atoms with Crippen LogP contribution in [0.15, 0.2) is 48.7 Å². The van der Waals surface area contributed by atoms with Gasteiger partial charge in [0.15, 0.2) is 0 Å². The minimum Gasteiger partial charge on any atom is -0.364 e. The summed E-state index contributed by atoms with van der Waals surface area (Å²) >= 11 is 0. The second-order valence-corrected chi connectivity index (χ2v) is 5.65. The number of pyridine rings is 1. The Morgan fingerprint density at radius 3 is 2.81 bits per heavy atom. The molecule has 0 aliphatic carbocycles. The SMILES string of the molecule is O=C(c1ccccn1)N1CCN2c3ccccc3CC2C1. The number of hydrogen-bond acceptors (Lipinski definition) is 3. The van der Waals surface area contributed by atoms with Crippen LogP contribution in [-0.4, -0.2) is 41.5 Å². The molecule has 21 heavy (non-hydrogen) atoms. The molecular weight excluding hydrogens is 262 g/mol. The van der Waals surface area contributed by atoms with Gasteiger partial charge in [0.25, 0.3) is 5.91 Å². The monoisotopic (exact) mass is 279 g/mol. The van der Waals surface area contributed by atoms with Gasteiger partial charge in [-0.25, -0.2) is 0 Å². The average Bonchev–Trinajstić information content (AvgIpc) is 2.92. The first kappa shape index (κ1) is 12.4. The maximum Gasteiger partial charge on any atom is 0.272 e. The molecular formula is C17H17N3O. The molecule has 0 bridgehead atoms. The molecule has 4 nitrogen and oxygen atoms in total. The van der Waals surface area contributed by atoms with E-state index < -0.39 is 0 Å². The molecule has 1 unspecified atom stereocenters. The van der Waals surface area contributed by atoms with Crippen molar-refractivity contribution in [2.75, 3.05) is 24.5 Å². The Morgan fingerprint density at radius 1 is 1.10 bits per heavy atom. The lowest BCUT2D eigenvalue weighted by atomic mass is 10.1. The summed E-state index contributed by atoms with van der Waals surface area (Å²) in [6.07, 6.45) is 2.71. The zero-order valence-corrected chi connectivity index (χ0v) is 11.8. The number of nitrogens with zero attached hydrogens (tertiary/aromatic N) is 3. The van der Waals surface area contributed by atoms with E-state index in [4.69, 9.17) is 0 Å². The fraction of sp³-hybridized carbons (Fsp3) is 0.294. The molecule has 0 saturated carbocycles. The molecule has 106 valence electrons. The van der Waals surface area contributed by atoms with Gasteiger partial charge in [-0.1, -0.05) is 24.3 Å². The van der Waals surface area contributed by atoms with Gasteiger partial charge in [-0.05, 0) is 30.2 Å². The third kappa shape index (κ3) is 2.07. The van der Waals surface area contributed by atoms with E-state index in [0.717, 1.165) is 26.1 Å². The van der Waals surface area contributed by atoms with Gasteiger partial charge in [0.2, 0.25) is 0 Å². The van der Waals surface area contributed by atoms with Crippen LogP contribution >= 0.6 is 0 Å². The maximum atomic E-state index is 12.5. The minimum absolute atomic E-state index is 0.0474. The van der Waals surface area contributed by atoms with E-state index in [1.807, 2.05) is 17.0 Å². The molecule has 1 amide bonds. The van der Waals surface area contributed by atoms with Crippen molar-refractivity contribution in [2.24, 2.45) is 0 Å². The maximum absolute atomic E-state index is 12.5. The largest absolute Gasteiger partial charge is 0.364 e. The van der Waals surface area contributed by atoms with Crippen LogP contribution < -0.4 is 4.90 Å². The van der Waals surface area contributed by atoms with Gasteiger partial charge in [0, 0.05) is 31.5 Å². The van der Waals surface area contributed by atoms with Crippen molar-refractivity contribution in [3.05, 3.63) is 59.9 Å². The Morgan fingerprint density at radius 2 is 1.95 bits per heavy atom. The van der Waals surface area contributed by atoms with Crippen LogP contribution in [0.2, 0.25) is 0 Å². The quantitative estimate of drug-likeness (QED) is 0.801. The van der Waals surface area contributed by atoms with Crippen molar-refractivity contribution in [3.8, 4) is 0 Å². The molecule has 0 N–H and O–H groups in total. The minimum atomic E-state index is 0.0474. The summed E-state index contributed by atoms with van der Waals surface area (Å²) in [5.41, 5.74) is 3.28. The second-order valence-electron chi connectivity index (χ2n) is 5.65. The highest BCUT2D eigenvalue weighted by atomic mass is 16.2. The zero-order valence-electron chi connectivity index (χ0n) is 11.8. The van der Waals surface area contributed by atoms with Crippen LogP contribution in [0.3, 0.4) is 0 Å². The van der Waals surface area contributed by atoms with E-state index in [9.17, 15) is 4.79 Å². The average molecular weight is 279 g/mol. The number of para-hydroxylation sites is 1. The molecule has 4 heteroatoms. The number of rotatable bonds is 1. The number of carbonyl (C=O) groups is 1. The van der Waals surface area contributed by atoms with Crippen LogP contribution in [0, 0.1) is 0 Å². The fourth-order valence-electron chi connectivity index (χ4n) is 3.40. The Labute approximate surface area is 124 Å². The Kier molecular flexibility index (Phi) is 2.88. The topological polar surface area (TPSA) is 36.4 Å². The molecule has 4 rings (SSSR count). The lowest BCUT2D eigenvalue weighted by Crippen LogP contribution is -2.53. The first-order chi connectivity index (χ1) is 10.3. The summed E-state index contributed by atoms with van der Waals surface area (Å²) < 4.78 is 0. The first-order valence-electron chi connectivity index (χ1n) is 7.38. The molecule has 3 heterocycles. The highest BCUT2D eigenvalue weighted by molar-refractivity contribution is 5.92. The van der Waals surface area contributed by atoms with Gasteiger partial charge in [-0.2, -0.15) is 0 Å². The summed E-state index contributed by atoms with van der Waals surface area (Å²) in [6.45, 7) is 2.45. The molecule has 0 radical (unpaired) electrons. The fourth-order valence-corrected chi connectivity index (χ4v) is 3.40. The van der Waals surface area contributed by atoms with E-state index in [1.165, 1.54) is 11.3 Å². The van der Waals surface area contributed by atoms with Gasteiger partial charge in [-0.3, -0.25) is 9.78 Å². The highest BCUT2D eigenvalue weighted by Crippen LogP contribution is 2.33. The van der Waals surface area contributed by atoms with Crippen LogP contribution in [0.25, 0.3) is 0 Å². The van der Waals surface area contributed by atoms with Gasteiger partial charge < -0.3 is 9.80 Å². The van der Waals surface area contributed by atoms with Crippen molar-refractivity contribution in [1.29, 1.82) is 0 Å². The number of fused-ring (bicyclic) bond motifs is 3. The number of benzene rings is 1. The van der Waals surface area contributed by atoms with Gasteiger partial charge >= 0.3 is 0 Å². The predicted octanol–water partition coefficient (Wildman–Crippen LogP) is 1.97. The smallest absolute Gasteiger partial charge is 0.272 e. The van der Waals surface area contributed by atoms with Crippen molar-refractivity contribution in [2.45, 2.75) is 12.5 Å².